The first-order valence-corrected chi connectivity index (χ1v) is 5.09. The molecular weight excluding hydrogens is 196 g/mol. The molecule has 2 aromatic heterocycles. The maximum Gasteiger partial charge on any atom is 0.137 e. The second-order valence-electron chi connectivity index (χ2n) is 3.06. The lowest BCUT2D eigenvalue weighted by atomic mass is 10.2. The van der Waals surface area contributed by atoms with Crippen LogP contribution in [0.3, 0.4) is 0 Å². The van der Waals surface area contributed by atoms with Crippen LogP contribution in [0.25, 0.3) is 17.1 Å². The third-order valence-electron chi connectivity index (χ3n) is 2.01. The second kappa shape index (κ2) is 4.29. The maximum absolute atomic E-state index is 5.57. The van der Waals surface area contributed by atoms with Gasteiger partial charge in [0.15, 0.2) is 0 Å². The van der Waals surface area contributed by atoms with Gasteiger partial charge < -0.3 is 4.98 Å². The number of nitrogens with one attached hydrogen (secondary N) is 1. The van der Waals surface area contributed by atoms with Gasteiger partial charge in [-0.1, -0.05) is 12.2 Å². The van der Waals surface area contributed by atoms with E-state index in [0.29, 0.717) is 5.88 Å². The van der Waals surface area contributed by atoms with E-state index < -0.39 is 0 Å². The SMILES string of the molecule is ClCCC=Cc1cnc2[nH]ccc2c1. The summed E-state index contributed by atoms with van der Waals surface area (Å²) in [4.78, 5) is 7.34. The number of hydrogen-bond donors (Lipinski definition) is 1. The van der Waals surface area contributed by atoms with Crippen LogP contribution in [0.2, 0.25) is 0 Å². The summed E-state index contributed by atoms with van der Waals surface area (Å²) in [6.45, 7) is 0. The molecule has 0 aliphatic heterocycles. The molecule has 0 amide bonds. The van der Waals surface area contributed by atoms with Gasteiger partial charge in [-0.25, -0.2) is 4.98 Å². The molecule has 0 aromatic carbocycles. The number of fused-ring (bicyclic) bond motifs is 1. The molecule has 0 aliphatic carbocycles. The molecule has 0 spiro atoms. The molecule has 0 atom stereocenters. The first kappa shape index (κ1) is 9.28. The standard InChI is InChI=1S/C11H11ClN2/c12-5-2-1-3-9-7-10-4-6-13-11(10)14-8-9/h1,3-4,6-8H,2,5H2,(H,13,14). The number of aromatic nitrogens is 2. The number of hydrogen-bond acceptors (Lipinski definition) is 1. The second-order valence-corrected chi connectivity index (χ2v) is 3.44. The van der Waals surface area contributed by atoms with Crippen molar-refractivity contribution >= 4 is 28.7 Å². The van der Waals surface area contributed by atoms with Gasteiger partial charge in [-0.3, -0.25) is 0 Å². The van der Waals surface area contributed by atoms with Crippen molar-refractivity contribution in [2.24, 2.45) is 0 Å². The monoisotopic (exact) mass is 206 g/mol. The highest BCUT2D eigenvalue weighted by atomic mass is 35.5. The minimum atomic E-state index is 0.663. The lowest BCUT2D eigenvalue weighted by Crippen LogP contribution is -1.78. The predicted octanol–water partition coefficient (Wildman–Crippen LogP) is 3.21. The van der Waals surface area contributed by atoms with Crippen molar-refractivity contribution in [2.45, 2.75) is 6.42 Å². The van der Waals surface area contributed by atoms with E-state index in [2.05, 4.69) is 22.1 Å². The first-order valence-electron chi connectivity index (χ1n) is 4.56. The molecule has 2 heterocycles. The predicted molar refractivity (Wildman–Crippen MR) is 60.5 cm³/mol. The summed E-state index contributed by atoms with van der Waals surface area (Å²) in [6, 6.07) is 4.12. The van der Waals surface area contributed by atoms with Crippen molar-refractivity contribution in [3.8, 4) is 0 Å². The molecule has 0 fully saturated rings. The smallest absolute Gasteiger partial charge is 0.137 e. The molecule has 0 radical (unpaired) electrons. The van der Waals surface area contributed by atoms with Gasteiger partial charge in [0.25, 0.3) is 0 Å². The normalized spacial score (nSPS) is 11.5. The van der Waals surface area contributed by atoms with Crippen molar-refractivity contribution in [3.63, 3.8) is 0 Å². The number of aromatic amines is 1. The minimum Gasteiger partial charge on any atom is -0.346 e. The van der Waals surface area contributed by atoms with Gasteiger partial charge >= 0.3 is 0 Å². The van der Waals surface area contributed by atoms with Gasteiger partial charge in [-0.15, -0.1) is 11.6 Å². The van der Waals surface area contributed by atoms with Crippen molar-refractivity contribution in [2.75, 3.05) is 5.88 Å². The van der Waals surface area contributed by atoms with Gasteiger partial charge in [0.2, 0.25) is 0 Å². The highest BCUT2D eigenvalue weighted by molar-refractivity contribution is 6.17. The molecule has 0 aliphatic rings. The fourth-order valence-electron chi connectivity index (χ4n) is 1.33. The number of H-pyrrole nitrogens is 1. The quantitative estimate of drug-likeness (QED) is 0.768. The largest absolute Gasteiger partial charge is 0.346 e. The Labute approximate surface area is 87.6 Å². The Balaban J connectivity index is 2.25. The van der Waals surface area contributed by atoms with Crippen LogP contribution < -0.4 is 0 Å². The van der Waals surface area contributed by atoms with Crippen LogP contribution in [-0.2, 0) is 0 Å². The average Bonchev–Trinajstić information content (AvgIpc) is 2.65. The van der Waals surface area contributed by atoms with Gasteiger partial charge in [-0.2, -0.15) is 0 Å². The van der Waals surface area contributed by atoms with Crippen molar-refractivity contribution < 1.29 is 0 Å². The molecule has 0 bridgehead atoms. The lowest BCUT2D eigenvalue weighted by Gasteiger charge is -1.93. The van der Waals surface area contributed by atoms with Gasteiger partial charge in [0.05, 0.1) is 0 Å². The first-order chi connectivity index (χ1) is 6.90. The number of allylic oxidation sites excluding steroid dienone is 1. The van der Waals surface area contributed by atoms with Crippen molar-refractivity contribution in [1.82, 2.24) is 9.97 Å². The topological polar surface area (TPSA) is 28.7 Å². The summed E-state index contributed by atoms with van der Waals surface area (Å²) in [6.07, 6.45) is 8.74. The van der Waals surface area contributed by atoms with E-state index in [1.165, 1.54) is 0 Å². The average molecular weight is 207 g/mol. The lowest BCUT2D eigenvalue weighted by molar-refractivity contribution is 1.24. The molecule has 2 aromatic rings. The molecule has 2 nitrogen and oxygen atoms in total. The van der Waals surface area contributed by atoms with E-state index in [0.717, 1.165) is 23.0 Å². The summed E-state index contributed by atoms with van der Waals surface area (Å²) < 4.78 is 0. The van der Waals surface area contributed by atoms with Crippen LogP contribution in [0.4, 0.5) is 0 Å². The van der Waals surface area contributed by atoms with E-state index in [1.54, 1.807) is 0 Å². The van der Waals surface area contributed by atoms with Gasteiger partial charge in [0.1, 0.15) is 5.65 Å². The van der Waals surface area contributed by atoms with Crippen molar-refractivity contribution in [3.05, 3.63) is 36.2 Å². The van der Waals surface area contributed by atoms with E-state index in [4.69, 9.17) is 11.6 Å². The summed E-state index contributed by atoms with van der Waals surface area (Å²) in [5, 5.41) is 1.14. The van der Waals surface area contributed by atoms with E-state index in [1.807, 2.05) is 24.5 Å². The van der Waals surface area contributed by atoms with Crippen LogP contribution >= 0.6 is 11.6 Å². The summed E-state index contributed by atoms with van der Waals surface area (Å²) in [5.41, 5.74) is 2.04. The summed E-state index contributed by atoms with van der Waals surface area (Å²) >= 11 is 5.57. The minimum absolute atomic E-state index is 0.663. The van der Waals surface area contributed by atoms with Gasteiger partial charge in [0, 0.05) is 23.7 Å². The highest BCUT2D eigenvalue weighted by Crippen LogP contribution is 2.12. The van der Waals surface area contributed by atoms with E-state index in [9.17, 15) is 0 Å². The Hall–Kier alpha value is -1.28. The Bertz CT molecular complexity index is 445. The fraction of sp³-hybridized carbons (Fsp3) is 0.182. The molecular formula is C11H11ClN2. The number of halogens is 1. The zero-order valence-corrected chi connectivity index (χ0v) is 8.46. The van der Waals surface area contributed by atoms with E-state index >= 15 is 0 Å². The molecule has 0 saturated heterocycles. The number of alkyl halides is 1. The Morgan fingerprint density at radius 1 is 1.50 bits per heavy atom. The summed E-state index contributed by atoms with van der Waals surface area (Å²) in [5.74, 6) is 0.663. The number of rotatable bonds is 3. The fourth-order valence-corrected chi connectivity index (χ4v) is 1.46. The molecule has 0 saturated carbocycles. The third kappa shape index (κ3) is 1.96. The van der Waals surface area contributed by atoms with Crippen LogP contribution in [0, 0.1) is 0 Å². The van der Waals surface area contributed by atoms with E-state index in [-0.39, 0.29) is 0 Å². The van der Waals surface area contributed by atoms with Crippen LogP contribution in [-0.4, -0.2) is 15.8 Å². The van der Waals surface area contributed by atoms with Crippen LogP contribution in [0.15, 0.2) is 30.6 Å². The Morgan fingerprint density at radius 2 is 2.43 bits per heavy atom. The third-order valence-corrected chi connectivity index (χ3v) is 2.23. The van der Waals surface area contributed by atoms with Gasteiger partial charge in [-0.05, 0) is 24.1 Å². The molecule has 72 valence electrons. The van der Waals surface area contributed by atoms with Crippen LogP contribution in [0.5, 0.6) is 0 Å². The zero-order chi connectivity index (χ0) is 9.80. The Morgan fingerprint density at radius 3 is 3.29 bits per heavy atom. The van der Waals surface area contributed by atoms with Crippen LogP contribution in [0.1, 0.15) is 12.0 Å². The van der Waals surface area contributed by atoms with Crippen molar-refractivity contribution in [1.29, 1.82) is 0 Å². The number of nitrogens with zero attached hydrogens (tertiary/aromatic N) is 1. The molecule has 2 rings (SSSR count). The maximum atomic E-state index is 5.57. The Kier molecular flexibility index (Phi) is 2.84. The summed E-state index contributed by atoms with van der Waals surface area (Å²) in [7, 11) is 0. The molecule has 14 heavy (non-hydrogen) atoms. The number of pyridine rings is 1. The molecule has 3 heteroatoms. The molecule has 0 unspecified atom stereocenters. The molecule has 1 N–H and O–H groups in total. The zero-order valence-electron chi connectivity index (χ0n) is 7.70. The highest BCUT2D eigenvalue weighted by Gasteiger charge is 1.94.